The zero-order valence-electron chi connectivity index (χ0n) is 9.48. The van der Waals surface area contributed by atoms with Gasteiger partial charge in [0.2, 0.25) is 0 Å². The predicted octanol–water partition coefficient (Wildman–Crippen LogP) is 0.862. The maximum absolute atomic E-state index is 11.7. The van der Waals surface area contributed by atoms with E-state index in [2.05, 4.69) is 21.2 Å². The van der Waals surface area contributed by atoms with E-state index in [9.17, 15) is 9.59 Å². The predicted molar refractivity (Wildman–Crippen MR) is 69.3 cm³/mol. The number of nitrogens with one attached hydrogen (secondary N) is 1. The van der Waals surface area contributed by atoms with Gasteiger partial charge in [0.15, 0.2) is 0 Å². The van der Waals surface area contributed by atoms with Crippen molar-refractivity contribution in [3.05, 3.63) is 28.2 Å². The molecule has 0 aliphatic carbocycles. The van der Waals surface area contributed by atoms with Crippen LogP contribution in [0.3, 0.4) is 0 Å². The monoisotopic (exact) mass is 316 g/mol. The lowest BCUT2D eigenvalue weighted by atomic mass is 10.2. The smallest absolute Gasteiger partial charge is 0.329 e. The van der Waals surface area contributed by atoms with Crippen LogP contribution in [0.15, 0.2) is 22.7 Å². The van der Waals surface area contributed by atoms with Gasteiger partial charge in [-0.05, 0) is 34.1 Å². The number of anilines is 1. The minimum absolute atomic E-state index is 0.137. The Morgan fingerprint density at radius 2 is 2.17 bits per heavy atom. The molecular weight excluding hydrogens is 304 g/mol. The summed E-state index contributed by atoms with van der Waals surface area (Å²) in [4.78, 5) is 21.9. The van der Waals surface area contributed by atoms with Gasteiger partial charge in [-0.15, -0.1) is 0 Å². The number of carbonyl (C=O) groups is 2. The fourth-order valence-electron chi connectivity index (χ4n) is 1.21. The zero-order valence-corrected chi connectivity index (χ0v) is 11.1. The van der Waals surface area contributed by atoms with E-state index in [1.54, 1.807) is 18.2 Å². The molecule has 0 heterocycles. The summed E-state index contributed by atoms with van der Waals surface area (Å²) in [5.74, 6) is -1.34. The summed E-state index contributed by atoms with van der Waals surface area (Å²) in [6, 6.07) is 4.92. The second-order valence-corrected chi connectivity index (χ2v) is 4.30. The van der Waals surface area contributed by atoms with Crippen molar-refractivity contribution in [1.29, 1.82) is 0 Å². The molecule has 0 saturated carbocycles. The molecule has 98 valence electrons. The van der Waals surface area contributed by atoms with Gasteiger partial charge in [0, 0.05) is 16.7 Å². The summed E-state index contributed by atoms with van der Waals surface area (Å²) in [7, 11) is 0. The van der Waals surface area contributed by atoms with Gasteiger partial charge in [-0.25, -0.2) is 4.79 Å². The third-order valence-electron chi connectivity index (χ3n) is 1.99. The summed E-state index contributed by atoms with van der Waals surface area (Å²) >= 11 is 3.25. The van der Waals surface area contributed by atoms with Crippen molar-refractivity contribution in [2.75, 3.05) is 25.5 Å². The van der Waals surface area contributed by atoms with Gasteiger partial charge in [0.1, 0.15) is 6.61 Å². The van der Waals surface area contributed by atoms with Crippen LogP contribution in [0.2, 0.25) is 0 Å². The van der Waals surface area contributed by atoms with Crippen molar-refractivity contribution >= 4 is 33.5 Å². The molecule has 6 nitrogen and oxygen atoms in total. The maximum Gasteiger partial charge on any atom is 0.329 e. The Morgan fingerprint density at radius 1 is 1.44 bits per heavy atom. The molecule has 1 aromatic rings. The fourth-order valence-corrected chi connectivity index (χ4v) is 1.64. The quantitative estimate of drug-likeness (QED) is 0.533. The Balaban J connectivity index is 2.41. The topological polar surface area (TPSA) is 102 Å². The minimum Gasteiger partial charge on any atom is -0.480 e. The van der Waals surface area contributed by atoms with Crippen molar-refractivity contribution in [2.24, 2.45) is 0 Å². The number of halogens is 1. The van der Waals surface area contributed by atoms with Gasteiger partial charge >= 0.3 is 5.97 Å². The van der Waals surface area contributed by atoms with Crippen LogP contribution in [0.1, 0.15) is 10.4 Å². The average molecular weight is 317 g/mol. The highest BCUT2D eigenvalue weighted by molar-refractivity contribution is 9.10. The molecule has 0 aromatic heterocycles. The Morgan fingerprint density at radius 3 is 2.83 bits per heavy atom. The molecule has 0 unspecified atom stereocenters. The second-order valence-electron chi connectivity index (χ2n) is 3.44. The van der Waals surface area contributed by atoms with E-state index in [-0.39, 0.29) is 25.7 Å². The van der Waals surface area contributed by atoms with E-state index in [4.69, 9.17) is 15.6 Å². The lowest BCUT2D eigenvalue weighted by Gasteiger charge is -2.07. The number of nitrogen functional groups attached to an aromatic ring is 1. The molecule has 0 saturated heterocycles. The van der Waals surface area contributed by atoms with Gasteiger partial charge < -0.3 is 20.9 Å². The summed E-state index contributed by atoms with van der Waals surface area (Å²) < 4.78 is 5.42. The van der Waals surface area contributed by atoms with Crippen molar-refractivity contribution in [2.45, 2.75) is 0 Å². The van der Waals surface area contributed by atoms with Crippen LogP contribution < -0.4 is 11.1 Å². The molecule has 0 fully saturated rings. The number of rotatable bonds is 6. The van der Waals surface area contributed by atoms with E-state index in [1.807, 2.05) is 0 Å². The first-order chi connectivity index (χ1) is 8.50. The first kappa shape index (κ1) is 14.5. The summed E-state index contributed by atoms with van der Waals surface area (Å²) in [6.45, 7) is -0.0107. The molecule has 0 radical (unpaired) electrons. The Bertz CT molecular complexity index is 451. The van der Waals surface area contributed by atoms with Crippen molar-refractivity contribution in [1.82, 2.24) is 5.32 Å². The van der Waals surface area contributed by atoms with E-state index in [0.717, 1.165) is 0 Å². The lowest BCUT2D eigenvalue weighted by molar-refractivity contribution is -0.142. The largest absolute Gasteiger partial charge is 0.480 e. The highest BCUT2D eigenvalue weighted by Crippen LogP contribution is 2.19. The number of aliphatic carboxylic acids is 1. The Kier molecular flexibility index (Phi) is 5.60. The zero-order chi connectivity index (χ0) is 13.5. The van der Waals surface area contributed by atoms with Gasteiger partial charge in [-0.2, -0.15) is 0 Å². The van der Waals surface area contributed by atoms with E-state index >= 15 is 0 Å². The van der Waals surface area contributed by atoms with Crippen molar-refractivity contribution in [3.8, 4) is 0 Å². The normalized spacial score (nSPS) is 10.1. The van der Waals surface area contributed by atoms with E-state index < -0.39 is 5.97 Å². The average Bonchev–Trinajstić information content (AvgIpc) is 2.31. The number of amides is 1. The van der Waals surface area contributed by atoms with Gasteiger partial charge in [0.25, 0.3) is 5.91 Å². The van der Waals surface area contributed by atoms with Crippen LogP contribution in [-0.4, -0.2) is 36.7 Å². The lowest BCUT2D eigenvalue weighted by Crippen LogP contribution is -2.28. The molecule has 0 aliphatic rings. The number of carbonyl (C=O) groups excluding carboxylic acids is 1. The highest BCUT2D eigenvalue weighted by atomic mass is 79.9. The number of nitrogens with two attached hydrogens (primary N) is 1. The van der Waals surface area contributed by atoms with Crippen molar-refractivity contribution in [3.63, 3.8) is 0 Å². The molecule has 0 bridgehead atoms. The minimum atomic E-state index is -1.04. The van der Waals surface area contributed by atoms with E-state index in [0.29, 0.717) is 15.7 Å². The molecule has 4 N–H and O–H groups in total. The Hall–Kier alpha value is -1.60. The molecule has 1 aromatic carbocycles. The number of carboxylic acids is 1. The van der Waals surface area contributed by atoms with Crippen LogP contribution in [0, 0.1) is 0 Å². The summed E-state index contributed by atoms with van der Waals surface area (Å²) in [5, 5.41) is 10.9. The second kappa shape index (κ2) is 6.97. The molecule has 1 amide bonds. The SMILES string of the molecule is Nc1ccc(Br)c(C(=O)NCCOCC(=O)O)c1. The number of hydrogen-bond donors (Lipinski definition) is 3. The number of benzene rings is 1. The van der Waals surface area contributed by atoms with Crippen LogP contribution >= 0.6 is 15.9 Å². The Labute approximate surface area is 112 Å². The molecular formula is C11H13BrN2O4. The fraction of sp³-hybridized carbons (Fsp3) is 0.273. The van der Waals surface area contributed by atoms with Gasteiger partial charge in [-0.3, -0.25) is 4.79 Å². The molecule has 7 heteroatoms. The van der Waals surface area contributed by atoms with Crippen LogP contribution in [-0.2, 0) is 9.53 Å². The maximum atomic E-state index is 11.7. The van der Waals surface area contributed by atoms with Gasteiger partial charge in [-0.1, -0.05) is 0 Å². The van der Waals surface area contributed by atoms with Crippen LogP contribution in [0.25, 0.3) is 0 Å². The molecule has 0 atom stereocenters. The van der Waals surface area contributed by atoms with E-state index in [1.165, 1.54) is 0 Å². The summed E-state index contributed by atoms with van der Waals surface area (Å²) in [6.07, 6.45) is 0. The van der Waals surface area contributed by atoms with Crippen molar-refractivity contribution < 1.29 is 19.4 Å². The van der Waals surface area contributed by atoms with Crippen LogP contribution in [0.4, 0.5) is 5.69 Å². The third-order valence-corrected chi connectivity index (χ3v) is 2.68. The first-order valence-corrected chi connectivity index (χ1v) is 5.93. The molecule has 1 rings (SSSR count). The van der Waals surface area contributed by atoms with Crippen LogP contribution in [0.5, 0.6) is 0 Å². The summed E-state index contributed by atoms with van der Waals surface area (Å²) in [5.41, 5.74) is 6.50. The number of carboxylic acid groups (broad SMARTS) is 1. The molecule has 18 heavy (non-hydrogen) atoms. The van der Waals surface area contributed by atoms with Gasteiger partial charge in [0.05, 0.1) is 12.2 Å². The highest BCUT2D eigenvalue weighted by Gasteiger charge is 2.09. The number of hydrogen-bond acceptors (Lipinski definition) is 4. The standard InChI is InChI=1S/C11H13BrN2O4/c12-9-2-1-7(13)5-8(9)11(17)14-3-4-18-6-10(15)16/h1-2,5H,3-4,6,13H2,(H,14,17)(H,15,16). The molecule has 0 spiro atoms. The number of ether oxygens (including phenoxy) is 1. The third kappa shape index (κ3) is 4.72. The molecule has 0 aliphatic heterocycles. The first-order valence-electron chi connectivity index (χ1n) is 5.13.